The first-order valence-electron chi connectivity index (χ1n) is 9.19. The summed E-state index contributed by atoms with van der Waals surface area (Å²) in [4.78, 5) is 12.0. The summed E-state index contributed by atoms with van der Waals surface area (Å²) in [5, 5.41) is 9.99. The maximum atomic E-state index is 13.7. The molecule has 0 bridgehead atoms. The lowest BCUT2D eigenvalue weighted by Crippen LogP contribution is -2.13. The third-order valence-electron chi connectivity index (χ3n) is 4.62. The number of benzene rings is 3. The molecular weight excluding hydrogens is 405 g/mol. The molecule has 0 atom stereocenters. The Morgan fingerprint density at radius 2 is 1.70 bits per heavy atom. The molecule has 0 spiro atoms. The summed E-state index contributed by atoms with van der Waals surface area (Å²) in [6.45, 7) is -0.00778. The molecule has 0 amide bonds. The van der Waals surface area contributed by atoms with Gasteiger partial charge in [0.15, 0.2) is 5.75 Å². The summed E-state index contributed by atoms with van der Waals surface area (Å²) >= 11 is 5.70. The van der Waals surface area contributed by atoms with Crippen molar-refractivity contribution in [3.8, 4) is 28.3 Å². The summed E-state index contributed by atoms with van der Waals surface area (Å²) in [6, 6.07) is 23.0. The normalized spacial score (nSPS) is 10.7. The Hall–Kier alpha value is -3.57. The van der Waals surface area contributed by atoms with Crippen LogP contribution >= 0.6 is 11.6 Å². The van der Waals surface area contributed by atoms with Crippen molar-refractivity contribution in [1.82, 2.24) is 4.57 Å². The summed E-state index contributed by atoms with van der Waals surface area (Å²) in [6.07, 6.45) is 1.35. The van der Waals surface area contributed by atoms with Crippen molar-refractivity contribution >= 4 is 11.6 Å². The van der Waals surface area contributed by atoms with Gasteiger partial charge in [-0.2, -0.15) is 0 Å². The fraction of sp³-hybridized carbons (Fsp3) is 0.0417. The number of nitrogens with zero attached hydrogens (tertiary/aromatic N) is 1. The maximum absolute atomic E-state index is 13.7. The Morgan fingerprint density at radius 3 is 2.47 bits per heavy atom. The van der Waals surface area contributed by atoms with E-state index in [1.165, 1.54) is 24.4 Å². The van der Waals surface area contributed by atoms with Gasteiger partial charge in [-0.1, -0.05) is 54.1 Å². The molecule has 3 aromatic carbocycles. The van der Waals surface area contributed by atoms with Gasteiger partial charge in [0, 0.05) is 17.8 Å². The third-order valence-corrected chi connectivity index (χ3v) is 4.93. The predicted molar refractivity (Wildman–Crippen MR) is 115 cm³/mol. The van der Waals surface area contributed by atoms with Gasteiger partial charge >= 0.3 is 0 Å². The molecule has 0 saturated carbocycles. The van der Waals surface area contributed by atoms with Crippen molar-refractivity contribution in [2.75, 3.05) is 0 Å². The Labute approximate surface area is 177 Å². The fourth-order valence-corrected chi connectivity index (χ4v) is 3.22. The highest BCUT2D eigenvalue weighted by Gasteiger charge is 2.11. The third kappa shape index (κ3) is 4.21. The van der Waals surface area contributed by atoms with Crippen LogP contribution in [-0.4, -0.2) is 9.67 Å². The lowest BCUT2D eigenvalue weighted by Gasteiger charge is -2.16. The van der Waals surface area contributed by atoms with Gasteiger partial charge in [-0.3, -0.25) is 4.79 Å². The summed E-state index contributed by atoms with van der Waals surface area (Å²) in [5.41, 5.74) is 2.74. The molecule has 0 aliphatic heterocycles. The van der Waals surface area contributed by atoms with Gasteiger partial charge in [0.1, 0.15) is 18.2 Å². The Kier molecular flexibility index (Phi) is 5.55. The zero-order valence-electron chi connectivity index (χ0n) is 15.8. The summed E-state index contributed by atoms with van der Waals surface area (Å²) < 4.78 is 21.0. The molecule has 6 heteroatoms. The molecule has 0 radical (unpaired) electrons. The molecule has 4 aromatic rings. The second kappa shape index (κ2) is 8.43. The molecule has 0 saturated heterocycles. The van der Waals surface area contributed by atoms with Gasteiger partial charge < -0.3 is 14.4 Å². The number of hydrogen-bond donors (Lipinski definition) is 1. The Bertz CT molecular complexity index is 1260. The molecule has 0 aliphatic carbocycles. The molecule has 4 rings (SSSR count). The first-order valence-corrected chi connectivity index (χ1v) is 9.57. The maximum Gasteiger partial charge on any atom is 0.223 e. The summed E-state index contributed by atoms with van der Waals surface area (Å²) in [7, 11) is 0. The highest BCUT2D eigenvalue weighted by Crippen LogP contribution is 2.25. The van der Waals surface area contributed by atoms with Crippen LogP contribution in [0, 0.1) is 5.82 Å². The van der Waals surface area contributed by atoms with E-state index in [9.17, 15) is 14.3 Å². The molecule has 0 aliphatic rings. The molecule has 0 fully saturated rings. The molecule has 1 aromatic heterocycles. The van der Waals surface area contributed by atoms with Gasteiger partial charge in [0.25, 0.3) is 0 Å². The number of halogens is 2. The second-order valence-corrected chi connectivity index (χ2v) is 7.07. The van der Waals surface area contributed by atoms with Crippen LogP contribution < -0.4 is 10.2 Å². The van der Waals surface area contributed by atoms with E-state index in [-0.39, 0.29) is 23.1 Å². The lowest BCUT2D eigenvalue weighted by atomic mass is 10.1. The number of pyridine rings is 1. The second-order valence-electron chi connectivity index (χ2n) is 6.67. The first-order chi connectivity index (χ1) is 14.5. The van der Waals surface area contributed by atoms with Crippen molar-refractivity contribution < 1.29 is 14.2 Å². The van der Waals surface area contributed by atoms with Crippen molar-refractivity contribution in [3.63, 3.8) is 0 Å². The fourth-order valence-electron chi connectivity index (χ4n) is 3.11. The molecule has 1 N–H and O–H groups in total. The Morgan fingerprint density at radius 1 is 0.933 bits per heavy atom. The standard InChI is InChI=1S/C24H17ClFNO3/c25-21-10-9-20(13-22(21)26)30-15-19-12-23(28)24(29)14-27(19)18-8-4-7-17(11-18)16-5-2-1-3-6-16/h1-14,29H,15H2. The minimum atomic E-state index is -0.590. The van der Waals surface area contributed by atoms with Crippen LogP contribution in [0.25, 0.3) is 16.8 Å². The SMILES string of the molecule is O=c1cc(COc2ccc(Cl)c(F)c2)n(-c2cccc(-c3ccccc3)c2)cc1O. The molecule has 4 nitrogen and oxygen atoms in total. The van der Waals surface area contributed by atoms with Crippen molar-refractivity contribution in [3.05, 3.63) is 112 Å². The van der Waals surface area contributed by atoms with Gasteiger partial charge in [-0.05, 0) is 35.4 Å². The van der Waals surface area contributed by atoms with Crippen molar-refractivity contribution in [2.45, 2.75) is 6.61 Å². The molecule has 0 unspecified atom stereocenters. The highest BCUT2D eigenvalue weighted by molar-refractivity contribution is 6.30. The number of aromatic nitrogens is 1. The zero-order valence-corrected chi connectivity index (χ0v) is 16.5. The number of hydrogen-bond acceptors (Lipinski definition) is 3. The highest BCUT2D eigenvalue weighted by atomic mass is 35.5. The van der Waals surface area contributed by atoms with E-state index in [1.54, 1.807) is 10.6 Å². The average Bonchev–Trinajstić information content (AvgIpc) is 2.77. The van der Waals surface area contributed by atoms with Crippen LogP contribution in [-0.2, 0) is 6.61 Å². The molecule has 1 heterocycles. The molecule has 30 heavy (non-hydrogen) atoms. The van der Waals surface area contributed by atoms with Gasteiger partial charge in [-0.15, -0.1) is 0 Å². The molecular formula is C24H17ClFNO3. The van der Waals surface area contributed by atoms with E-state index in [0.717, 1.165) is 16.8 Å². The lowest BCUT2D eigenvalue weighted by molar-refractivity contribution is 0.296. The van der Waals surface area contributed by atoms with Gasteiger partial charge in [0.2, 0.25) is 5.43 Å². The number of aromatic hydroxyl groups is 1. The minimum Gasteiger partial charge on any atom is -0.503 e. The van der Waals surface area contributed by atoms with Crippen LogP contribution in [0.4, 0.5) is 4.39 Å². The minimum absolute atomic E-state index is 0.00150. The predicted octanol–water partition coefficient (Wildman–Crippen LogP) is 5.58. The first kappa shape index (κ1) is 19.7. The smallest absolute Gasteiger partial charge is 0.223 e. The van der Waals surface area contributed by atoms with E-state index in [0.29, 0.717) is 5.69 Å². The Balaban J connectivity index is 1.70. The van der Waals surface area contributed by atoms with E-state index in [1.807, 2.05) is 54.6 Å². The summed E-state index contributed by atoms with van der Waals surface area (Å²) in [5.74, 6) is -0.684. The van der Waals surface area contributed by atoms with Gasteiger partial charge in [0.05, 0.1) is 16.9 Å². The topological polar surface area (TPSA) is 51.5 Å². The van der Waals surface area contributed by atoms with E-state index >= 15 is 0 Å². The quantitative estimate of drug-likeness (QED) is 0.457. The van der Waals surface area contributed by atoms with Gasteiger partial charge in [-0.25, -0.2) is 4.39 Å². The van der Waals surface area contributed by atoms with Crippen LogP contribution in [0.3, 0.4) is 0 Å². The van der Waals surface area contributed by atoms with E-state index in [2.05, 4.69) is 0 Å². The van der Waals surface area contributed by atoms with Crippen LogP contribution in [0.2, 0.25) is 5.02 Å². The average molecular weight is 422 g/mol. The van der Waals surface area contributed by atoms with Crippen molar-refractivity contribution in [1.29, 1.82) is 0 Å². The largest absolute Gasteiger partial charge is 0.503 e. The molecule has 150 valence electrons. The van der Waals surface area contributed by atoms with Crippen LogP contribution in [0.15, 0.2) is 89.9 Å². The van der Waals surface area contributed by atoms with E-state index < -0.39 is 11.2 Å². The monoisotopic (exact) mass is 421 g/mol. The number of ether oxygens (including phenoxy) is 1. The van der Waals surface area contributed by atoms with Crippen LogP contribution in [0.1, 0.15) is 5.69 Å². The zero-order chi connectivity index (χ0) is 21.1. The van der Waals surface area contributed by atoms with E-state index in [4.69, 9.17) is 16.3 Å². The van der Waals surface area contributed by atoms with Crippen LogP contribution in [0.5, 0.6) is 11.5 Å². The van der Waals surface area contributed by atoms with Crippen molar-refractivity contribution in [2.24, 2.45) is 0 Å². The number of rotatable bonds is 5.